The summed E-state index contributed by atoms with van der Waals surface area (Å²) in [6.45, 7) is 3.91. The molecule has 1 amide bonds. The summed E-state index contributed by atoms with van der Waals surface area (Å²) in [5, 5.41) is 12.7. The lowest BCUT2D eigenvalue weighted by molar-refractivity contribution is 0.102. The van der Waals surface area contributed by atoms with Crippen molar-refractivity contribution >= 4 is 57.3 Å². The van der Waals surface area contributed by atoms with E-state index in [1.165, 1.54) is 23.1 Å². The highest BCUT2D eigenvalue weighted by Crippen LogP contribution is 2.31. The quantitative estimate of drug-likeness (QED) is 0.403. The summed E-state index contributed by atoms with van der Waals surface area (Å²) in [5.41, 5.74) is 3.65. The lowest BCUT2D eigenvalue weighted by atomic mass is 10.1. The Morgan fingerprint density at radius 2 is 1.96 bits per heavy atom. The molecule has 0 bridgehead atoms. The maximum Gasteiger partial charge on any atom is 0.257 e. The molecule has 0 saturated heterocycles. The van der Waals surface area contributed by atoms with Gasteiger partial charge in [-0.05, 0) is 43.2 Å². The van der Waals surface area contributed by atoms with Gasteiger partial charge in [-0.15, -0.1) is 10.2 Å². The van der Waals surface area contributed by atoms with Crippen LogP contribution in [0.4, 0.5) is 5.13 Å². The number of carbonyl (C=O) groups excluding carboxylic acids is 1. The van der Waals surface area contributed by atoms with E-state index in [4.69, 9.17) is 23.2 Å². The standard InChI is InChI=1S/C18H15Cl2N3OS2/c1-10-3-6-14(11(2)7-10)16(24)21-17-22-23-18(26-17)25-9-12-4-5-13(19)8-15(12)20/h3-8H,9H2,1-2H3,(H,21,22,24). The average Bonchev–Trinajstić information content (AvgIpc) is 3.01. The number of halogens is 2. The molecule has 3 rings (SSSR count). The van der Waals surface area contributed by atoms with Crippen molar-refractivity contribution in [3.63, 3.8) is 0 Å². The van der Waals surface area contributed by atoms with Gasteiger partial charge in [-0.25, -0.2) is 0 Å². The number of anilines is 1. The van der Waals surface area contributed by atoms with Gasteiger partial charge in [0.15, 0.2) is 4.34 Å². The average molecular weight is 424 g/mol. The van der Waals surface area contributed by atoms with Crippen LogP contribution in [0, 0.1) is 13.8 Å². The minimum atomic E-state index is -0.184. The molecule has 8 heteroatoms. The molecule has 1 aromatic heterocycles. The number of benzene rings is 2. The first-order valence-corrected chi connectivity index (χ1v) is 10.3. The summed E-state index contributed by atoms with van der Waals surface area (Å²) in [5.74, 6) is 0.464. The van der Waals surface area contributed by atoms with Gasteiger partial charge >= 0.3 is 0 Å². The van der Waals surface area contributed by atoms with Crippen molar-refractivity contribution in [1.29, 1.82) is 0 Å². The molecule has 0 aliphatic heterocycles. The Kier molecular flexibility index (Phi) is 6.19. The molecule has 3 aromatic rings. The Hall–Kier alpha value is -1.60. The topological polar surface area (TPSA) is 54.9 Å². The van der Waals surface area contributed by atoms with Crippen LogP contribution in [0.15, 0.2) is 40.7 Å². The number of thioether (sulfide) groups is 1. The first-order chi connectivity index (χ1) is 12.4. The van der Waals surface area contributed by atoms with Gasteiger partial charge in [0.2, 0.25) is 5.13 Å². The van der Waals surface area contributed by atoms with E-state index < -0.39 is 0 Å². The maximum absolute atomic E-state index is 12.4. The third-order valence-corrected chi connectivity index (χ3v) is 6.23. The molecule has 26 heavy (non-hydrogen) atoms. The molecule has 0 aliphatic carbocycles. The first kappa shape index (κ1) is 19.2. The molecule has 0 unspecified atom stereocenters. The Morgan fingerprint density at radius 1 is 1.15 bits per heavy atom. The smallest absolute Gasteiger partial charge is 0.257 e. The van der Waals surface area contributed by atoms with Crippen LogP contribution in [-0.2, 0) is 5.75 Å². The predicted molar refractivity (Wildman–Crippen MR) is 110 cm³/mol. The Bertz CT molecular complexity index is 959. The summed E-state index contributed by atoms with van der Waals surface area (Å²) in [6, 6.07) is 11.1. The molecule has 2 aromatic carbocycles. The van der Waals surface area contributed by atoms with Crippen LogP contribution >= 0.6 is 46.3 Å². The highest BCUT2D eigenvalue weighted by Gasteiger charge is 2.13. The van der Waals surface area contributed by atoms with Crippen LogP contribution in [0.1, 0.15) is 27.0 Å². The number of carbonyl (C=O) groups is 1. The zero-order chi connectivity index (χ0) is 18.7. The van der Waals surface area contributed by atoms with Crippen molar-refractivity contribution in [2.24, 2.45) is 0 Å². The summed E-state index contributed by atoms with van der Waals surface area (Å²) >= 11 is 14.9. The van der Waals surface area contributed by atoms with Gasteiger partial charge < -0.3 is 0 Å². The molecule has 1 N–H and O–H groups in total. The number of hydrogen-bond donors (Lipinski definition) is 1. The second-order valence-corrected chi connectivity index (χ2v) is 8.71. The van der Waals surface area contributed by atoms with E-state index >= 15 is 0 Å². The van der Waals surface area contributed by atoms with Crippen molar-refractivity contribution in [2.75, 3.05) is 5.32 Å². The third-order valence-electron chi connectivity index (χ3n) is 3.62. The van der Waals surface area contributed by atoms with E-state index in [0.717, 1.165) is 21.0 Å². The van der Waals surface area contributed by atoms with Gasteiger partial charge in [0, 0.05) is 21.4 Å². The number of nitrogens with zero attached hydrogens (tertiary/aromatic N) is 2. The molecule has 0 atom stereocenters. The highest BCUT2D eigenvalue weighted by molar-refractivity contribution is 8.00. The van der Waals surface area contributed by atoms with E-state index in [1.54, 1.807) is 12.1 Å². The zero-order valence-electron chi connectivity index (χ0n) is 14.0. The van der Waals surface area contributed by atoms with Crippen LogP contribution in [0.5, 0.6) is 0 Å². The summed E-state index contributed by atoms with van der Waals surface area (Å²) in [4.78, 5) is 12.4. The van der Waals surface area contributed by atoms with E-state index in [2.05, 4.69) is 15.5 Å². The molecule has 0 saturated carbocycles. The van der Waals surface area contributed by atoms with E-state index in [0.29, 0.717) is 26.5 Å². The van der Waals surface area contributed by atoms with Crippen LogP contribution in [0.3, 0.4) is 0 Å². The predicted octanol–water partition coefficient (Wildman–Crippen LogP) is 6.01. The number of amides is 1. The second-order valence-electron chi connectivity index (χ2n) is 5.67. The highest BCUT2D eigenvalue weighted by atomic mass is 35.5. The molecular formula is C18H15Cl2N3OS2. The van der Waals surface area contributed by atoms with E-state index in [9.17, 15) is 4.79 Å². The fraction of sp³-hybridized carbons (Fsp3) is 0.167. The Balaban J connectivity index is 1.63. The number of hydrogen-bond acceptors (Lipinski definition) is 5. The number of aryl methyl sites for hydroxylation is 2. The molecular weight excluding hydrogens is 409 g/mol. The van der Waals surface area contributed by atoms with Crippen LogP contribution in [-0.4, -0.2) is 16.1 Å². The summed E-state index contributed by atoms with van der Waals surface area (Å²) in [6.07, 6.45) is 0. The third kappa shape index (κ3) is 4.76. The Morgan fingerprint density at radius 3 is 2.69 bits per heavy atom. The molecule has 4 nitrogen and oxygen atoms in total. The monoisotopic (exact) mass is 423 g/mol. The Labute approximate surface area is 169 Å². The molecule has 0 radical (unpaired) electrons. The van der Waals surface area contributed by atoms with Crippen LogP contribution < -0.4 is 5.32 Å². The number of nitrogens with one attached hydrogen (secondary N) is 1. The lowest BCUT2D eigenvalue weighted by Gasteiger charge is -2.05. The minimum absolute atomic E-state index is 0.184. The van der Waals surface area contributed by atoms with Crippen LogP contribution in [0.25, 0.3) is 0 Å². The minimum Gasteiger partial charge on any atom is -0.296 e. The maximum atomic E-state index is 12.4. The molecule has 0 fully saturated rings. The van der Waals surface area contributed by atoms with Gasteiger partial charge in [-0.1, -0.05) is 70.1 Å². The lowest BCUT2D eigenvalue weighted by Crippen LogP contribution is -2.13. The second kappa shape index (κ2) is 8.39. The van der Waals surface area contributed by atoms with Crippen molar-refractivity contribution in [2.45, 2.75) is 23.9 Å². The van der Waals surface area contributed by atoms with Crippen molar-refractivity contribution in [1.82, 2.24) is 10.2 Å². The molecule has 134 valence electrons. The van der Waals surface area contributed by atoms with Gasteiger partial charge in [0.1, 0.15) is 0 Å². The summed E-state index contributed by atoms with van der Waals surface area (Å²) in [7, 11) is 0. The fourth-order valence-electron chi connectivity index (χ4n) is 2.33. The van der Waals surface area contributed by atoms with Crippen molar-refractivity contribution in [3.8, 4) is 0 Å². The van der Waals surface area contributed by atoms with Gasteiger partial charge in [0.25, 0.3) is 5.91 Å². The van der Waals surface area contributed by atoms with Crippen molar-refractivity contribution < 1.29 is 4.79 Å². The zero-order valence-corrected chi connectivity index (χ0v) is 17.2. The summed E-state index contributed by atoms with van der Waals surface area (Å²) < 4.78 is 0.756. The van der Waals surface area contributed by atoms with Gasteiger partial charge in [0.05, 0.1) is 0 Å². The molecule has 1 heterocycles. The molecule has 0 aliphatic rings. The van der Waals surface area contributed by atoms with E-state index in [-0.39, 0.29) is 5.91 Å². The largest absolute Gasteiger partial charge is 0.296 e. The van der Waals surface area contributed by atoms with Crippen molar-refractivity contribution in [3.05, 3.63) is 68.7 Å². The fourth-order valence-corrected chi connectivity index (χ4v) is 4.64. The number of rotatable bonds is 5. The van der Waals surface area contributed by atoms with Crippen LogP contribution in [0.2, 0.25) is 10.0 Å². The first-order valence-electron chi connectivity index (χ1n) is 7.71. The van der Waals surface area contributed by atoms with Gasteiger partial charge in [-0.3, -0.25) is 10.1 Å². The van der Waals surface area contributed by atoms with E-state index in [1.807, 2.05) is 38.1 Å². The normalized spacial score (nSPS) is 10.8. The number of aromatic nitrogens is 2. The molecule has 0 spiro atoms. The SMILES string of the molecule is Cc1ccc(C(=O)Nc2nnc(SCc3ccc(Cl)cc3Cl)s2)c(C)c1. The van der Waals surface area contributed by atoms with Gasteiger partial charge in [-0.2, -0.15) is 0 Å².